The van der Waals surface area contributed by atoms with Gasteiger partial charge in [-0.1, -0.05) is 109 Å². The number of carbonyl (C=O) groups is 3. The van der Waals surface area contributed by atoms with Crippen molar-refractivity contribution in [3.8, 4) is 6.01 Å². The molecule has 0 unspecified atom stereocenters. The van der Waals surface area contributed by atoms with E-state index in [-0.39, 0.29) is 42.8 Å². The molecule has 3 N–H and O–H groups in total. The minimum absolute atomic E-state index is 0.0808. The molecule has 1 aromatic carbocycles. The third-order valence-electron chi connectivity index (χ3n) is 10.0. The van der Waals surface area contributed by atoms with Crippen LogP contribution in [0.5, 0.6) is 6.01 Å². The largest absolute Gasteiger partial charge is 0.469 e. The van der Waals surface area contributed by atoms with Crippen LogP contribution >= 0.6 is 0 Å². The van der Waals surface area contributed by atoms with Crippen molar-refractivity contribution in [1.29, 1.82) is 0 Å². The van der Waals surface area contributed by atoms with Gasteiger partial charge in [-0.15, -0.1) is 0 Å². The Bertz CT molecular complexity index is 1750. The molecule has 0 radical (unpaired) electrons. The van der Waals surface area contributed by atoms with E-state index in [4.69, 9.17) is 14.2 Å². The molecule has 0 aliphatic heterocycles. The maximum atomic E-state index is 13.3. The lowest BCUT2D eigenvalue weighted by molar-refractivity contribution is -0.139. The molecule has 0 aliphatic carbocycles. The predicted octanol–water partition coefficient (Wildman–Crippen LogP) is 8.70. The van der Waals surface area contributed by atoms with Crippen molar-refractivity contribution in [2.24, 2.45) is 0 Å². The Morgan fingerprint density at radius 2 is 1.44 bits per heavy atom. The zero-order valence-corrected chi connectivity index (χ0v) is 36.9. The molecule has 2 amide bonds. The molecule has 0 spiro atoms. The Morgan fingerprint density at radius 3 is 2.10 bits per heavy atom. The van der Waals surface area contributed by atoms with Gasteiger partial charge in [0.05, 0.1) is 26.7 Å². The quantitative estimate of drug-likeness (QED) is 0.0437. The van der Waals surface area contributed by atoms with E-state index in [0.29, 0.717) is 37.2 Å². The summed E-state index contributed by atoms with van der Waals surface area (Å²) < 4.78 is 17.5. The Balaban J connectivity index is 1.56. The summed E-state index contributed by atoms with van der Waals surface area (Å²) in [4.78, 5) is 64.9. The number of nitrogens with zero attached hydrogens (tertiary/aromatic N) is 4. The van der Waals surface area contributed by atoms with Gasteiger partial charge in [-0.05, 0) is 83.6 Å². The number of carbonyl (C=O) groups excluding carboxylic acids is 3. The molecule has 14 heteroatoms. The fraction of sp³-hybridized carbons (Fsp3) is 0.689. The number of ether oxygens (including phenoxy) is 3. The van der Waals surface area contributed by atoms with Gasteiger partial charge in [0, 0.05) is 13.0 Å². The van der Waals surface area contributed by atoms with E-state index in [9.17, 15) is 19.2 Å². The van der Waals surface area contributed by atoms with Crippen LogP contribution in [-0.2, 0) is 32.0 Å². The highest BCUT2D eigenvalue weighted by Crippen LogP contribution is 2.22. The number of alkyl carbamates (subject to hydrolysis) is 1. The van der Waals surface area contributed by atoms with Crippen molar-refractivity contribution in [2.75, 3.05) is 45.2 Å². The number of esters is 1. The Morgan fingerprint density at radius 1 is 0.814 bits per heavy atom. The van der Waals surface area contributed by atoms with Crippen LogP contribution in [0.3, 0.4) is 0 Å². The maximum Gasteiger partial charge on any atom is 0.407 e. The molecule has 3 aromatic rings. The molecule has 2 heterocycles. The molecule has 330 valence electrons. The topological polar surface area (TPSA) is 170 Å². The summed E-state index contributed by atoms with van der Waals surface area (Å²) in [5.74, 6) is -0.356. The van der Waals surface area contributed by atoms with Crippen molar-refractivity contribution in [3.63, 3.8) is 0 Å². The third kappa shape index (κ3) is 19.9. The molecular formula is C45H73N7O7. The van der Waals surface area contributed by atoms with Gasteiger partial charge in [-0.3, -0.25) is 14.2 Å². The maximum absolute atomic E-state index is 13.3. The summed E-state index contributed by atoms with van der Waals surface area (Å²) in [6.07, 6.45) is 18.1. The number of fused-ring (bicyclic) bond motifs is 1. The molecule has 59 heavy (non-hydrogen) atoms. The van der Waals surface area contributed by atoms with Crippen LogP contribution in [0, 0.1) is 0 Å². The second-order valence-electron chi connectivity index (χ2n) is 16.5. The monoisotopic (exact) mass is 824 g/mol. The van der Waals surface area contributed by atoms with Crippen LogP contribution in [0.25, 0.3) is 11.2 Å². The molecule has 3 rings (SSSR count). The highest BCUT2D eigenvalue weighted by Gasteiger charge is 2.19. The van der Waals surface area contributed by atoms with E-state index < -0.39 is 11.3 Å². The van der Waals surface area contributed by atoms with Crippen molar-refractivity contribution >= 4 is 35.0 Å². The highest BCUT2D eigenvalue weighted by molar-refractivity contribution is 5.97. The van der Waals surface area contributed by atoms with Gasteiger partial charge in [0.15, 0.2) is 11.5 Å². The molecule has 14 nitrogen and oxygen atoms in total. The zero-order valence-electron chi connectivity index (χ0n) is 36.9. The number of hydrogen-bond acceptors (Lipinski definition) is 10. The first-order valence-electron chi connectivity index (χ1n) is 22.2. The number of aromatic nitrogens is 4. The Kier molecular flexibility index (Phi) is 22.7. The minimum atomic E-state index is -0.525. The van der Waals surface area contributed by atoms with E-state index in [0.717, 1.165) is 69.3 Å². The highest BCUT2D eigenvalue weighted by atomic mass is 16.6. The standard InChI is InChI=1S/C45H73N7O7/c1-7-9-11-12-13-14-15-16-17-20-28-51(30-23-27-46-44(56)59-45(3,4)5)29-21-18-19-26-37(53)47-40-39-41(50-42(49-40)58-31-10-8-2)52(43(55)48-39)34-36-25-22-24-35(32-36)33-38(54)57-6/h22,24-25,32H,7-21,23,26-31,33-34H2,1-6H3,(H,46,56)(H,48,55)(H,47,49,50,53). The average molecular weight is 824 g/mol. The molecular weight excluding hydrogens is 751 g/mol. The minimum Gasteiger partial charge on any atom is -0.469 e. The number of amides is 2. The number of aromatic amines is 1. The molecule has 0 bridgehead atoms. The summed E-state index contributed by atoms with van der Waals surface area (Å²) in [6, 6.07) is 7.47. The number of hydrogen-bond donors (Lipinski definition) is 3. The third-order valence-corrected chi connectivity index (χ3v) is 10.0. The summed E-state index contributed by atoms with van der Waals surface area (Å²) in [6.45, 7) is 13.9. The first-order chi connectivity index (χ1) is 28.4. The van der Waals surface area contributed by atoms with E-state index in [2.05, 4.69) is 44.3 Å². The van der Waals surface area contributed by atoms with Gasteiger partial charge in [0.1, 0.15) is 11.1 Å². The zero-order chi connectivity index (χ0) is 42.9. The van der Waals surface area contributed by atoms with Crippen molar-refractivity contribution < 1.29 is 28.6 Å². The van der Waals surface area contributed by atoms with Gasteiger partial charge in [-0.2, -0.15) is 9.97 Å². The fourth-order valence-electron chi connectivity index (χ4n) is 6.84. The number of imidazole rings is 1. The lowest BCUT2D eigenvalue weighted by Gasteiger charge is -2.23. The molecule has 2 aromatic heterocycles. The normalized spacial score (nSPS) is 11.6. The first kappa shape index (κ1) is 48.9. The van der Waals surface area contributed by atoms with Gasteiger partial charge >= 0.3 is 23.8 Å². The van der Waals surface area contributed by atoms with E-state index in [1.807, 2.05) is 45.0 Å². The fourth-order valence-corrected chi connectivity index (χ4v) is 6.84. The number of benzene rings is 1. The van der Waals surface area contributed by atoms with Crippen LogP contribution in [0.1, 0.15) is 155 Å². The Hall–Kier alpha value is -4.46. The van der Waals surface area contributed by atoms with Crippen LogP contribution in [0.2, 0.25) is 0 Å². The van der Waals surface area contributed by atoms with E-state index in [1.165, 1.54) is 69.5 Å². The molecule has 0 atom stereocenters. The van der Waals surface area contributed by atoms with Crippen LogP contribution in [0.15, 0.2) is 29.1 Å². The van der Waals surface area contributed by atoms with Crippen molar-refractivity contribution in [1.82, 2.24) is 29.7 Å². The number of anilines is 1. The smallest absolute Gasteiger partial charge is 0.407 e. The summed E-state index contributed by atoms with van der Waals surface area (Å²) >= 11 is 0. The Labute approximate surface area is 352 Å². The van der Waals surface area contributed by atoms with Crippen LogP contribution in [0.4, 0.5) is 10.6 Å². The van der Waals surface area contributed by atoms with Gasteiger partial charge in [0.25, 0.3) is 0 Å². The van der Waals surface area contributed by atoms with Gasteiger partial charge in [-0.25, -0.2) is 9.59 Å². The van der Waals surface area contributed by atoms with Gasteiger partial charge in [0.2, 0.25) is 5.91 Å². The second kappa shape index (κ2) is 27.3. The lowest BCUT2D eigenvalue weighted by Crippen LogP contribution is -2.35. The number of unbranched alkanes of at least 4 members (excludes halogenated alkanes) is 12. The van der Waals surface area contributed by atoms with Crippen molar-refractivity contribution in [3.05, 3.63) is 45.9 Å². The van der Waals surface area contributed by atoms with Gasteiger partial charge < -0.3 is 34.7 Å². The second-order valence-corrected chi connectivity index (χ2v) is 16.5. The average Bonchev–Trinajstić information content (AvgIpc) is 3.50. The number of rotatable bonds is 30. The molecule has 0 aliphatic rings. The van der Waals surface area contributed by atoms with Crippen LogP contribution in [-0.4, -0.2) is 87.9 Å². The molecule has 0 fully saturated rings. The predicted molar refractivity (Wildman–Crippen MR) is 234 cm³/mol. The van der Waals surface area contributed by atoms with Crippen molar-refractivity contribution in [2.45, 2.75) is 162 Å². The summed E-state index contributed by atoms with van der Waals surface area (Å²) in [7, 11) is 1.35. The molecule has 0 saturated carbocycles. The summed E-state index contributed by atoms with van der Waals surface area (Å²) in [5, 5.41) is 5.80. The number of methoxy groups -OCH3 is 1. The lowest BCUT2D eigenvalue weighted by atomic mass is 10.1. The SMILES string of the molecule is CCCCCCCCCCCCN(CCCCCC(=O)Nc1nc(OCCCC)nc2c1[nH]c(=O)n2Cc1cccc(CC(=O)OC)c1)CCCNC(=O)OC(C)(C)C. The van der Waals surface area contributed by atoms with E-state index in [1.54, 1.807) is 0 Å². The van der Waals surface area contributed by atoms with Crippen LogP contribution < -0.4 is 21.1 Å². The number of H-pyrrole nitrogens is 1. The van der Waals surface area contributed by atoms with E-state index >= 15 is 0 Å². The first-order valence-corrected chi connectivity index (χ1v) is 22.2. The summed E-state index contributed by atoms with van der Waals surface area (Å²) in [5.41, 5.74) is 1.27. The molecule has 0 saturated heterocycles. The number of nitrogens with one attached hydrogen (secondary N) is 3.